The second kappa shape index (κ2) is 6.37. The maximum Gasteiger partial charge on any atom is 0.263 e. The average molecular weight is 455 g/mol. The van der Waals surface area contributed by atoms with E-state index in [1.165, 1.54) is 17.4 Å². The average Bonchev–Trinajstić information content (AvgIpc) is 2.76. The van der Waals surface area contributed by atoms with Gasteiger partial charge in [0.05, 0.1) is 16.1 Å². The van der Waals surface area contributed by atoms with E-state index >= 15 is 0 Å². The molecule has 114 valence electrons. The van der Waals surface area contributed by atoms with Gasteiger partial charge in [0.15, 0.2) is 0 Å². The zero-order chi connectivity index (χ0) is 15.8. The summed E-state index contributed by atoms with van der Waals surface area (Å²) in [5.74, 6) is 0. The van der Waals surface area contributed by atoms with Crippen LogP contribution in [-0.2, 0) is 16.6 Å². The molecule has 1 aromatic carbocycles. The molecule has 4 nitrogen and oxygen atoms in total. The Hall–Kier alpha value is -0.410. The van der Waals surface area contributed by atoms with E-state index in [0.29, 0.717) is 18.8 Å². The number of halogens is 2. The van der Waals surface area contributed by atoms with Crippen molar-refractivity contribution in [2.24, 2.45) is 0 Å². The number of rotatable bonds is 4. The Labute approximate surface area is 144 Å². The molecule has 1 aromatic heterocycles. The largest absolute Gasteiger partial charge is 0.391 e. The predicted molar refractivity (Wildman–Crippen MR) is 92.4 cm³/mol. The number of thiophene rings is 1. The molecular weight excluding hydrogens is 442 g/mol. The predicted octanol–water partition coefficient (Wildman–Crippen LogP) is 4.18. The van der Waals surface area contributed by atoms with Crippen LogP contribution in [0.5, 0.6) is 0 Å². The van der Waals surface area contributed by atoms with Crippen LogP contribution in [0.4, 0.5) is 5.69 Å². The van der Waals surface area contributed by atoms with Gasteiger partial charge in [0.25, 0.3) is 10.0 Å². The molecule has 0 saturated heterocycles. The second-order valence-corrected chi connectivity index (χ2v) is 9.51. The van der Waals surface area contributed by atoms with Gasteiger partial charge in [-0.2, -0.15) is 0 Å². The molecule has 0 radical (unpaired) electrons. The number of benzene rings is 1. The minimum absolute atomic E-state index is 0.128. The number of hydrogen-bond acceptors (Lipinski definition) is 4. The van der Waals surface area contributed by atoms with Crippen molar-refractivity contribution < 1.29 is 13.5 Å². The van der Waals surface area contributed by atoms with E-state index in [-0.39, 0.29) is 11.5 Å². The first kappa shape index (κ1) is 17.0. The molecule has 0 aliphatic rings. The number of aliphatic hydroxyl groups is 1. The third kappa shape index (κ3) is 3.68. The van der Waals surface area contributed by atoms with Crippen LogP contribution < -0.4 is 4.72 Å². The molecule has 21 heavy (non-hydrogen) atoms. The van der Waals surface area contributed by atoms with Crippen molar-refractivity contribution in [3.05, 3.63) is 42.5 Å². The first-order chi connectivity index (χ1) is 9.74. The van der Waals surface area contributed by atoms with E-state index in [4.69, 9.17) is 5.11 Å². The topological polar surface area (TPSA) is 66.4 Å². The van der Waals surface area contributed by atoms with Crippen LogP contribution in [0.15, 0.2) is 31.4 Å². The Morgan fingerprint density at radius 2 is 1.90 bits per heavy atom. The van der Waals surface area contributed by atoms with E-state index in [0.717, 1.165) is 11.1 Å². The van der Waals surface area contributed by atoms with E-state index in [1.807, 2.05) is 26.0 Å². The van der Waals surface area contributed by atoms with Crippen LogP contribution in [0.1, 0.15) is 16.0 Å². The Balaban J connectivity index is 2.44. The molecule has 0 aliphatic heterocycles. The molecule has 0 spiro atoms. The molecule has 1 heterocycles. The fourth-order valence-corrected chi connectivity index (χ4v) is 6.49. The first-order valence-corrected chi connectivity index (χ1v) is 9.82. The Morgan fingerprint density at radius 1 is 1.24 bits per heavy atom. The van der Waals surface area contributed by atoms with Crippen molar-refractivity contribution >= 4 is 58.9 Å². The lowest BCUT2D eigenvalue weighted by atomic mass is 10.1. The quantitative estimate of drug-likeness (QED) is 0.727. The molecule has 0 amide bonds. The summed E-state index contributed by atoms with van der Waals surface area (Å²) in [4.78, 5) is 0.713. The van der Waals surface area contributed by atoms with E-state index in [1.54, 1.807) is 0 Å². The van der Waals surface area contributed by atoms with Crippen LogP contribution in [0, 0.1) is 13.8 Å². The first-order valence-electron chi connectivity index (χ1n) is 5.93. The van der Waals surface area contributed by atoms with Gasteiger partial charge >= 0.3 is 0 Å². The Kier molecular flexibility index (Phi) is 5.15. The molecule has 0 saturated carbocycles. The summed E-state index contributed by atoms with van der Waals surface area (Å²) in [6.07, 6.45) is 0. The standard InChI is InChI=1S/C13H13Br2NO3S2/c1-7-3-8(2)12(10(14)4-7)16-21(18,19)11-5-9(6-17)20-13(11)15/h3-5,16-17H,6H2,1-2H3. The van der Waals surface area contributed by atoms with Gasteiger partial charge in [-0.3, -0.25) is 4.72 Å². The van der Waals surface area contributed by atoms with Crippen molar-refractivity contribution in [2.45, 2.75) is 25.3 Å². The number of anilines is 1. The molecule has 2 rings (SSSR count). The van der Waals surface area contributed by atoms with Gasteiger partial charge in [-0.15, -0.1) is 11.3 Å². The van der Waals surface area contributed by atoms with Gasteiger partial charge in [0, 0.05) is 9.35 Å². The van der Waals surface area contributed by atoms with Crippen molar-refractivity contribution in [2.75, 3.05) is 4.72 Å². The molecular formula is C13H13Br2NO3S2. The van der Waals surface area contributed by atoms with Crippen molar-refractivity contribution in [3.63, 3.8) is 0 Å². The summed E-state index contributed by atoms with van der Waals surface area (Å²) in [6, 6.07) is 5.23. The highest BCUT2D eigenvalue weighted by Crippen LogP contribution is 2.35. The van der Waals surface area contributed by atoms with Gasteiger partial charge in [-0.1, -0.05) is 6.07 Å². The monoisotopic (exact) mass is 453 g/mol. The number of aryl methyl sites for hydroxylation is 2. The lowest BCUT2D eigenvalue weighted by Gasteiger charge is -2.13. The molecule has 0 atom stereocenters. The molecule has 0 unspecified atom stereocenters. The normalized spacial score (nSPS) is 11.7. The summed E-state index contributed by atoms with van der Waals surface area (Å²) < 4.78 is 28.8. The number of aliphatic hydroxyl groups excluding tert-OH is 1. The van der Waals surface area contributed by atoms with Crippen molar-refractivity contribution in [1.82, 2.24) is 0 Å². The minimum atomic E-state index is -3.72. The van der Waals surface area contributed by atoms with Crippen molar-refractivity contribution in [3.8, 4) is 0 Å². The molecule has 2 aromatic rings. The summed E-state index contributed by atoms with van der Waals surface area (Å²) >= 11 is 7.82. The molecule has 0 bridgehead atoms. The lowest BCUT2D eigenvalue weighted by molar-refractivity contribution is 0.285. The number of nitrogens with one attached hydrogen (secondary N) is 1. The van der Waals surface area contributed by atoms with Gasteiger partial charge in [-0.25, -0.2) is 8.42 Å². The maximum absolute atomic E-state index is 12.5. The number of sulfonamides is 1. The zero-order valence-electron chi connectivity index (χ0n) is 11.3. The third-order valence-electron chi connectivity index (χ3n) is 2.82. The maximum atomic E-state index is 12.5. The third-order valence-corrected chi connectivity index (χ3v) is 7.03. The lowest BCUT2D eigenvalue weighted by Crippen LogP contribution is -2.14. The summed E-state index contributed by atoms with van der Waals surface area (Å²) in [7, 11) is -3.72. The molecule has 2 N–H and O–H groups in total. The highest BCUT2D eigenvalue weighted by Gasteiger charge is 2.22. The fourth-order valence-electron chi connectivity index (χ4n) is 1.89. The van der Waals surface area contributed by atoms with Crippen LogP contribution >= 0.6 is 43.2 Å². The van der Waals surface area contributed by atoms with Crippen LogP contribution in [0.3, 0.4) is 0 Å². The van der Waals surface area contributed by atoms with Crippen LogP contribution in [-0.4, -0.2) is 13.5 Å². The fraction of sp³-hybridized carbons (Fsp3) is 0.231. The van der Waals surface area contributed by atoms with E-state index in [2.05, 4.69) is 36.6 Å². The highest BCUT2D eigenvalue weighted by molar-refractivity contribution is 9.11. The smallest absolute Gasteiger partial charge is 0.263 e. The Morgan fingerprint density at radius 3 is 2.43 bits per heavy atom. The number of hydrogen-bond donors (Lipinski definition) is 2. The van der Waals surface area contributed by atoms with Crippen molar-refractivity contribution in [1.29, 1.82) is 0 Å². The van der Waals surface area contributed by atoms with Gasteiger partial charge in [0.1, 0.15) is 4.90 Å². The molecule has 0 aliphatic carbocycles. The highest BCUT2D eigenvalue weighted by atomic mass is 79.9. The van der Waals surface area contributed by atoms with E-state index < -0.39 is 10.0 Å². The Bertz CT molecular complexity index is 762. The van der Waals surface area contributed by atoms with Crippen LogP contribution in [0.2, 0.25) is 0 Å². The summed E-state index contributed by atoms with van der Waals surface area (Å²) in [6.45, 7) is 3.60. The van der Waals surface area contributed by atoms with Gasteiger partial charge < -0.3 is 5.11 Å². The minimum Gasteiger partial charge on any atom is -0.391 e. The summed E-state index contributed by atoms with van der Waals surface area (Å²) in [5, 5.41) is 9.12. The summed E-state index contributed by atoms with van der Waals surface area (Å²) in [5.41, 5.74) is 2.39. The second-order valence-electron chi connectivity index (χ2n) is 4.55. The zero-order valence-corrected chi connectivity index (χ0v) is 16.1. The molecule has 0 fully saturated rings. The SMILES string of the molecule is Cc1cc(C)c(NS(=O)(=O)c2cc(CO)sc2Br)c(Br)c1. The molecule has 8 heteroatoms. The van der Waals surface area contributed by atoms with Gasteiger partial charge in [-0.05, 0) is 69.0 Å². The van der Waals surface area contributed by atoms with Gasteiger partial charge in [0.2, 0.25) is 0 Å². The van der Waals surface area contributed by atoms with Crippen LogP contribution in [0.25, 0.3) is 0 Å². The van der Waals surface area contributed by atoms with E-state index in [9.17, 15) is 8.42 Å².